The van der Waals surface area contributed by atoms with Crippen LogP contribution in [-0.2, 0) is 14.3 Å². The number of thioether (sulfide) groups is 1. The van der Waals surface area contributed by atoms with Gasteiger partial charge in [0.2, 0.25) is 0 Å². The number of nitrogens with zero attached hydrogens (tertiary/aromatic N) is 1. The van der Waals surface area contributed by atoms with Gasteiger partial charge < -0.3 is 10.1 Å². The number of amides is 3. The number of nitrogens with one attached hydrogen (secondary N) is 1. The van der Waals surface area contributed by atoms with E-state index in [2.05, 4.69) is 5.32 Å². The maximum atomic E-state index is 12.4. The minimum absolute atomic E-state index is 0.128. The van der Waals surface area contributed by atoms with E-state index in [4.69, 9.17) is 27.9 Å². The molecule has 0 aliphatic carbocycles. The largest absolute Gasteiger partial charge is 0.463 e. The highest BCUT2D eigenvalue weighted by atomic mass is 35.5. The quantitative estimate of drug-likeness (QED) is 0.301. The third kappa shape index (κ3) is 4.64. The molecule has 0 unspecified atom stereocenters. The fourth-order valence-electron chi connectivity index (χ4n) is 2.62. The van der Waals surface area contributed by atoms with E-state index in [-0.39, 0.29) is 12.5 Å². The number of ether oxygens (including phenoxy) is 1. The number of halogens is 2. The van der Waals surface area contributed by atoms with Gasteiger partial charge in [0, 0.05) is 15.7 Å². The van der Waals surface area contributed by atoms with Crippen LogP contribution in [0, 0.1) is 0 Å². The molecule has 0 saturated carbocycles. The number of urea groups is 1. The Morgan fingerprint density at radius 3 is 2.58 bits per heavy atom. The van der Waals surface area contributed by atoms with Crippen LogP contribution in [0.5, 0.6) is 0 Å². The molecule has 6 nitrogen and oxygen atoms in total. The van der Waals surface area contributed by atoms with E-state index in [1.165, 1.54) is 11.8 Å². The summed E-state index contributed by atoms with van der Waals surface area (Å²) < 4.78 is 5.12. The number of carbonyl (C=O) groups is 3. The van der Waals surface area contributed by atoms with Crippen LogP contribution in [0.25, 0.3) is 0 Å². The standard InChI is InChI=1S/C17H20Cl2N2O4S/c1-3-17(4-2)15(23)21(16(24)20-17)10-14(22)25-7-8-26-13-9-11(18)5-6-12(13)19/h5-6,9H,3-4,7-8,10H2,1-2H3,(H,20,24). The summed E-state index contributed by atoms with van der Waals surface area (Å²) in [4.78, 5) is 38.1. The van der Waals surface area contributed by atoms with Gasteiger partial charge in [-0.25, -0.2) is 4.79 Å². The van der Waals surface area contributed by atoms with Gasteiger partial charge in [-0.1, -0.05) is 37.0 Å². The molecular formula is C17H20Cl2N2O4S. The van der Waals surface area contributed by atoms with E-state index in [0.29, 0.717) is 28.6 Å². The predicted molar refractivity (Wildman–Crippen MR) is 102 cm³/mol. The number of hydrogen-bond acceptors (Lipinski definition) is 5. The minimum atomic E-state index is -0.920. The van der Waals surface area contributed by atoms with Crippen molar-refractivity contribution in [2.24, 2.45) is 0 Å². The van der Waals surface area contributed by atoms with E-state index in [9.17, 15) is 14.4 Å². The van der Waals surface area contributed by atoms with E-state index < -0.39 is 24.1 Å². The van der Waals surface area contributed by atoms with Crippen LogP contribution in [0.3, 0.4) is 0 Å². The van der Waals surface area contributed by atoms with Crippen molar-refractivity contribution in [3.05, 3.63) is 28.2 Å². The number of hydrogen-bond donors (Lipinski definition) is 1. The van der Waals surface area contributed by atoms with Crippen molar-refractivity contribution in [2.75, 3.05) is 18.9 Å². The number of imide groups is 1. The van der Waals surface area contributed by atoms with Crippen LogP contribution >= 0.6 is 35.0 Å². The number of benzene rings is 1. The third-order valence-corrected chi connectivity index (χ3v) is 5.93. The van der Waals surface area contributed by atoms with Crippen LogP contribution in [-0.4, -0.2) is 47.3 Å². The van der Waals surface area contributed by atoms with Crippen molar-refractivity contribution in [1.29, 1.82) is 0 Å². The summed E-state index contributed by atoms with van der Waals surface area (Å²) in [6, 6.07) is 4.57. The van der Waals surface area contributed by atoms with E-state index in [1.807, 2.05) is 13.8 Å². The lowest BCUT2D eigenvalue weighted by Crippen LogP contribution is -2.46. The Bertz CT molecular complexity index is 710. The Morgan fingerprint density at radius 2 is 1.96 bits per heavy atom. The van der Waals surface area contributed by atoms with Crippen molar-refractivity contribution < 1.29 is 19.1 Å². The zero-order valence-electron chi connectivity index (χ0n) is 14.5. The van der Waals surface area contributed by atoms with Gasteiger partial charge in [-0.05, 0) is 31.0 Å². The molecule has 1 aromatic rings. The lowest BCUT2D eigenvalue weighted by atomic mass is 9.93. The third-order valence-electron chi connectivity index (χ3n) is 4.24. The van der Waals surface area contributed by atoms with Crippen molar-refractivity contribution in [3.8, 4) is 0 Å². The van der Waals surface area contributed by atoms with Gasteiger partial charge in [-0.3, -0.25) is 14.5 Å². The first-order chi connectivity index (χ1) is 12.3. The summed E-state index contributed by atoms with van der Waals surface area (Å²) in [6.07, 6.45) is 0.938. The molecule has 1 aliphatic heterocycles. The predicted octanol–water partition coefficient (Wildman–Crippen LogP) is 3.74. The maximum Gasteiger partial charge on any atom is 0.326 e. The second kappa shape index (κ2) is 8.97. The SMILES string of the molecule is CCC1(CC)NC(=O)N(CC(=O)OCCSc2cc(Cl)ccc2Cl)C1=O. The fraction of sp³-hybridized carbons (Fsp3) is 0.471. The first-order valence-electron chi connectivity index (χ1n) is 8.20. The molecule has 3 amide bonds. The molecule has 142 valence electrons. The molecule has 1 N–H and O–H groups in total. The van der Waals surface area contributed by atoms with Crippen LogP contribution in [0.2, 0.25) is 10.0 Å². The van der Waals surface area contributed by atoms with Crippen LogP contribution < -0.4 is 5.32 Å². The first kappa shape index (κ1) is 20.9. The summed E-state index contributed by atoms with van der Waals surface area (Å²) in [5.74, 6) is -0.543. The lowest BCUT2D eigenvalue weighted by Gasteiger charge is -2.22. The second-order valence-corrected chi connectivity index (χ2v) is 7.73. The molecule has 1 saturated heterocycles. The van der Waals surface area contributed by atoms with Gasteiger partial charge in [0.15, 0.2) is 0 Å². The topological polar surface area (TPSA) is 75.7 Å². The Balaban J connectivity index is 1.81. The highest BCUT2D eigenvalue weighted by Gasteiger charge is 2.49. The molecule has 9 heteroatoms. The summed E-state index contributed by atoms with van der Waals surface area (Å²) in [7, 11) is 0. The van der Waals surface area contributed by atoms with Crippen molar-refractivity contribution in [3.63, 3.8) is 0 Å². The molecule has 0 bridgehead atoms. The molecule has 0 atom stereocenters. The average molecular weight is 419 g/mol. The maximum absolute atomic E-state index is 12.4. The number of rotatable bonds is 8. The Morgan fingerprint density at radius 1 is 1.27 bits per heavy atom. The summed E-state index contributed by atoms with van der Waals surface area (Å²) in [5, 5.41) is 3.81. The zero-order chi connectivity index (χ0) is 19.3. The van der Waals surface area contributed by atoms with Crippen molar-refractivity contribution in [2.45, 2.75) is 37.1 Å². The van der Waals surface area contributed by atoms with Gasteiger partial charge in [-0.15, -0.1) is 11.8 Å². The first-order valence-corrected chi connectivity index (χ1v) is 9.94. The minimum Gasteiger partial charge on any atom is -0.463 e. The zero-order valence-corrected chi connectivity index (χ0v) is 16.8. The summed E-state index contributed by atoms with van der Waals surface area (Å²) in [5.41, 5.74) is -0.920. The smallest absolute Gasteiger partial charge is 0.326 e. The molecule has 1 heterocycles. The van der Waals surface area contributed by atoms with E-state index in [0.717, 1.165) is 9.80 Å². The lowest BCUT2D eigenvalue weighted by molar-refractivity contribution is -0.147. The van der Waals surface area contributed by atoms with Gasteiger partial charge in [0.1, 0.15) is 18.7 Å². The van der Waals surface area contributed by atoms with Crippen molar-refractivity contribution >= 4 is 52.9 Å². The molecule has 1 fully saturated rings. The summed E-state index contributed by atoms with van der Waals surface area (Å²) in [6.45, 7) is 3.38. The Hall–Kier alpha value is -1.44. The van der Waals surface area contributed by atoms with Crippen LogP contribution in [0.4, 0.5) is 4.79 Å². The molecule has 0 aromatic heterocycles. The van der Waals surface area contributed by atoms with Crippen LogP contribution in [0.15, 0.2) is 23.1 Å². The van der Waals surface area contributed by atoms with Crippen molar-refractivity contribution in [1.82, 2.24) is 10.2 Å². The molecule has 0 spiro atoms. The molecule has 1 aromatic carbocycles. The highest BCUT2D eigenvalue weighted by molar-refractivity contribution is 7.99. The normalized spacial score (nSPS) is 15.9. The molecule has 0 radical (unpaired) electrons. The Labute approximate surface area is 166 Å². The van der Waals surface area contributed by atoms with Crippen LogP contribution in [0.1, 0.15) is 26.7 Å². The second-order valence-electron chi connectivity index (χ2n) is 5.75. The monoisotopic (exact) mass is 418 g/mol. The fourth-order valence-corrected chi connectivity index (χ4v) is 3.94. The van der Waals surface area contributed by atoms with E-state index in [1.54, 1.807) is 18.2 Å². The molecular weight excluding hydrogens is 399 g/mol. The van der Waals surface area contributed by atoms with Gasteiger partial charge >= 0.3 is 12.0 Å². The Kier molecular flexibility index (Phi) is 7.20. The average Bonchev–Trinajstić information content (AvgIpc) is 2.86. The summed E-state index contributed by atoms with van der Waals surface area (Å²) >= 11 is 13.4. The van der Waals surface area contributed by atoms with Gasteiger partial charge in [0.05, 0.1) is 5.02 Å². The molecule has 1 aliphatic rings. The highest BCUT2D eigenvalue weighted by Crippen LogP contribution is 2.29. The molecule has 2 rings (SSSR count). The van der Waals surface area contributed by atoms with E-state index >= 15 is 0 Å². The molecule has 26 heavy (non-hydrogen) atoms. The van der Waals surface area contributed by atoms with Gasteiger partial charge in [0.25, 0.3) is 5.91 Å². The number of carbonyl (C=O) groups excluding carboxylic acids is 3. The number of esters is 1. The van der Waals surface area contributed by atoms with Gasteiger partial charge in [-0.2, -0.15) is 0 Å².